The molecule has 2 heteroatoms. The number of hydrogen-bond donors (Lipinski definition) is 2. The largest absolute Gasteiger partial charge is 0.396 e. The van der Waals surface area contributed by atoms with E-state index < -0.39 is 0 Å². The molecule has 0 amide bonds. The minimum absolute atomic E-state index is 0.314. The number of aliphatic hydroxyl groups excluding tert-OH is 1. The van der Waals surface area contributed by atoms with Gasteiger partial charge in [0.15, 0.2) is 0 Å². The van der Waals surface area contributed by atoms with Gasteiger partial charge in [0, 0.05) is 6.61 Å². The van der Waals surface area contributed by atoms with E-state index in [1.165, 1.54) is 25.7 Å². The second kappa shape index (κ2) is 6.39. The number of rotatable bonds is 5. The lowest BCUT2D eigenvalue weighted by Gasteiger charge is -2.26. The van der Waals surface area contributed by atoms with E-state index in [2.05, 4.69) is 12.2 Å². The first-order valence-electron chi connectivity index (χ1n) is 5.64. The van der Waals surface area contributed by atoms with Crippen molar-refractivity contribution in [1.29, 1.82) is 0 Å². The van der Waals surface area contributed by atoms with Crippen LogP contribution < -0.4 is 5.32 Å². The fourth-order valence-corrected chi connectivity index (χ4v) is 2.26. The van der Waals surface area contributed by atoms with Gasteiger partial charge in [-0.25, -0.2) is 0 Å². The van der Waals surface area contributed by atoms with Crippen LogP contribution in [-0.2, 0) is 0 Å². The van der Waals surface area contributed by atoms with E-state index in [1.54, 1.807) is 0 Å². The predicted molar refractivity (Wildman–Crippen MR) is 55.7 cm³/mol. The molecule has 1 fully saturated rings. The van der Waals surface area contributed by atoms with E-state index in [9.17, 15) is 0 Å². The van der Waals surface area contributed by atoms with Crippen molar-refractivity contribution in [3.05, 3.63) is 0 Å². The maximum absolute atomic E-state index is 8.61. The van der Waals surface area contributed by atoms with Gasteiger partial charge in [-0.05, 0) is 44.2 Å². The van der Waals surface area contributed by atoms with Crippen molar-refractivity contribution < 1.29 is 5.11 Å². The summed E-state index contributed by atoms with van der Waals surface area (Å²) in [5.74, 6) is 1.82. The molecule has 0 radical (unpaired) electrons. The second-order valence-electron chi connectivity index (χ2n) is 4.42. The molecule has 0 aromatic carbocycles. The van der Waals surface area contributed by atoms with Gasteiger partial charge in [0.25, 0.3) is 0 Å². The minimum atomic E-state index is 0.314. The van der Waals surface area contributed by atoms with Crippen LogP contribution >= 0.6 is 0 Å². The van der Waals surface area contributed by atoms with E-state index >= 15 is 0 Å². The van der Waals surface area contributed by atoms with Crippen LogP contribution in [-0.4, -0.2) is 24.8 Å². The first-order valence-corrected chi connectivity index (χ1v) is 5.64. The molecule has 0 heterocycles. The summed E-state index contributed by atoms with van der Waals surface area (Å²) in [6.07, 6.45) is 6.52. The maximum Gasteiger partial charge on any atom is 0.0443 e. The molecule has 1 rings (SSSR count). The SMILES string of the molecule is CC1CCCC(CNCCCO)C1. The maximum atomic E-state index is 8.61. The van der Waals surface area contributed by atoms with Crippen molar-refractivity contribution in [3.63, 3.8) is 0 Å². The molecule has 0 spiro atoms. The van der Waals surface area contributed by atoms with E-state index in [1.807, 2.05) is 0 Å². The Hall–Kier alpha value is -0.0800. The number of aliphatic hydroxyl groups is 1. The van der Waals surface area contributed by atoms with E-state index in [4.69, 9.17) is 5.11 Å². The second-order valence-corrected chi connectivity index (χ2v) is 4.42. The van der Waals surface area contributed by atoms with Gasteiger partial charge < -0.3 is 10.4 Å². The minimum Gasteiger partial charge on any atom is -0.396 e. The van der Waals surface area contributed by atoms with Gasteiger partial charge in [-0.3, -0.25) is 0 Å². The Morgan fingerprint density at radius 1 is 1.38 bits per heavy atom. The first-order chi connectivity index (χ1) is 6.33. The summed E-state index contributed by atoms with van der Waals surface area (Å²) >= 11 is 0. The molecule has 0 saturated heterocycles. The lowest BCUT2D eigenvalue weighted by atomic mass is 9.82. The third-order valence-corrected chi connectivity index (χ3v) is 2.99. The fourth-order valence-electron chi connectivity index (χ4n) is 2.26. The Balaban J connectivity index is 2.00. The highest BCUT2D eigenvalue weighted by molar-refractivity contribution is 4.72. The summed E-state index contributed by atoms with van der Waals surface area (Å²) in [6, 6.07) is 0. The smallest absolute Gasteiger partial charge is 0.0443 e. The normalized spacial score (nSPS) is 29.1. The third-order valence-electron chi connectivity index (χ3n) is 2.99. The Morgan fingerprint density at radius 3 is 2.92 bits per heavy atom. The Morgan fingerprint density at radius 2 is 2.23 bits per heavy atom. The van der Waals surface area contributed by atoms with Crippen LogP contribution in [0.2, 0.25) is 0 Å². The average Bonchev–Trinajstić information content (AvgIpc) is 2.13. The van der Waals surface area contributed by atoms with E-state index in [0.29, 0.717) is 6.61 Å². The summed E-state index contributed by atoms with van der Waals surface area (Å²) in [6.45, 7) is 4.81. The first kappa shape index (κ1) is 11.0. The van der Waals surface area contributed by atoms with Crippen molar-refractivity contribution in [2.24, 2.45) is 11.8 Å². The van der Waals surface area contributed by atoms with E-state index in [0.717, 1.165) is 31.3 Å². The van der Waals surface area contributed by atoms with Crippen molar-refractivity contribution in [2.75, 3.05) is 19.7 Å². The van der Waals surface area contributed by atoms with Gasteiger partial charge in [-0.1, -0.05) is 19.8 Å². The van der Waals surface area contributed by atoms with Gasteiger partial charge in [0.05, 0.1) is 0 Å². The van der Waals surface area contributed by atoms with Gasteiger partial charge in [-0.15, -0.1) is 0 Å². The van der Waals surface area contributed by atoms with Gasteiger partial charge in [0.2, 0.25) is 0 Å². The zero-order valence-corrected chi connectivity index (χ0v) is 8.76. The molecule has 13 heavy (non-hydrogen) atoms. The molecule has 0 aliphatic heterocycles. The highest BCUT2D eigenvalue weighted by atomic mass is 16.3. The molecule has 78 valence electrons. The molecule has 1 saturated carbocycles. The monoisotopic (exact) mass is 185 g/mol. The van der Waals surface area contributed by atoms with Crippen LogP contribution in [0.25, 0.3) is 0 Å². The molecule has 0 aromatic rings. The molecule has 1 aliphatic rings. The third kappa shape index (κ3) is 4.63. The van der Waals surface area contributed by atoms with Gasteiger partial charge in [-0.2, -0.15) is 0 Å². The van der Waals surface area contributed by atoms with Crippen molar-refractivity contribution in [1.82, 2.24) is 5.32 Å². The summed E-state index contributed by atoms with van der Waals surface area (Å²) < 4.78 is 0. The average molecular weight is 185 g/mol. The molecule has 0 bridgehead atoms. The highest BCUT2D eigenvalue weighted by Gasteiger charge is 2.17. The summed E-state index contributed by atoms with van der Waals surface area (Å²) in [4.78, 5) is 0. The predicted octanol–water partition coefficient (Wildman–Crippen LogP) is 1.78. The van der Waals surface area contributed by atoms with Crippen molar-refractivity contribution >= 4 is 0 Å². The lowest BCUT2D eigenvalue weighted by molar-refractivity contribution is 0.262. The molecule has 0 aromatic heterocycles. The highest BCUT2D eigenvalue weighted by Crippen LogP contribution is 2.27. The van der Waals surface area contributed by atoms with Gasteiger partial charge in [0.1, 0.15) is 0 Å². The Bertz CT molecular complexity index is 127. The molecule has 2 unspecified atom stereocenters. The molecular formula is C11H23NO. The Kier molecular flexibility index (Phi) is 5.40. The molecule has 2 N–H and O–H groups in total. The van der Waals surface area contributed by atoms with Crippen LogP contribution in [0.5, 0.6) is 0 Å². The summed E-state index contributed by atoms with van der Waals surface area (Å²) in [5.41, 5.74) is 0. The summed E-state index contributed by atoms with van der Waals surface area (Å²) in [5, 5.41) is 12.0. The zero-order chi connectivity index (χ0) is 9.52. The Labute approximate surface area is 81.7 Å². The fraction of sp³-hybridized carbons (Fsp3) is 1.00. The van der Waals surface area contributed by atoms with Crippen molar-refractivity contribution in [2.45, 2.75) is 39.0 Å². The zero-order valence-electron chi connectivity index (χ0n) is 8.76. The molecule has 2 atom stereocenters. The number of hydrogen-bond acceptors (Lipinski definition) is 2. The van der Waals surface area contributed by atoms with Crippen LogP contribution in [0.1, 0.15) is 39.0 Å². The van der Waals surface area contributed by atoms with Crippen LogP contribution in [0.15, 0.2) is 0 Å². The van der Waals surface area contributed by atoms with Crippen molar-refractivity contribution in [3.8, 4) is 0 Å². The number of nitrogens with one attached hydrogen (secondary N) is 1. The molecule has 1 aliphatic carbocycles. The quantitative estimate of drug-likeness (QED) is 0.640. The molecule has 2 nitrogen and oxygen atoms in total. The van der Waals surface area contributed by atoms with Crippen LogP contribution in [0.4, 0.5) is 0 Å². The topological polar surface area (TPSA) is 32.3 Å². The summed E-state index contributed by atoms with van der Waals surface area (Å²) in [7, 11) is 0. The standard InChI is InChI=1S/C11H23NO/c1-10-4-2-5-11(8-10)9-12-6-3-7-13/h10-13H,2-9H2,1H3. The van der Waals surface area contributed by atoms with E-state index in [-0.39, 0.29) is 0 Å². The van der Waals surface area contributed by atoms with Crippen LogP contribution in [0, 0.1) is 11.8 Å². The molecular weight excluding hydrogens is 162 g/mol. The lowest BCUT2D eigenvalue weighted by Crippen LogP contribution is -2.27. The van der Waals surface area contributed by atoms with Crippen LogP contribution in [0.3, 0.4) is 0 Å². The van der Waals surface area contributed by atoms with Gasteiger partial charge >= 0.3 is 0 Å².